The summed E-state index contributed by atoms with van der Waals surface area (Å²) in [6.45, 7) is 0. The van der Waals surface area contributed by atoms with Crippen molar-refractivity contribution in [2.24, 2.45) is 5.92 Å². The zero-order valence-corrected chi connectivity index (χ0v) is 9.33. The Morgan fingerprint density at radius 2 is 2.12 bits per heavy atom. The Morgan fingerprint density at radius 1 is 1.35 bits per heavy atom. The van der Waals surface area contributed by atoms with Gasteiger partial charge in [-0.15, -0.1) is 0 Å². The van der Waals surface area contributed by atoms with Crippen LogP contribution in [0.15, 0.2) is 36.4 Å². The molecule has 4 heteroatoms. The monoisotopic (exact) mass is 231 g/mol. The van der Waals surface area contributed by atoms with Gasteiger partial charge in [0.05, 0.1) is 4.92 Å². The molecule has 1 aliphatic carbocycles. The van der Waals surface area contributed by atoms with Crippen LogP contribution in [0.1, 0.15) is 18.4 Å². The lowest BCUT2D eigenvalue weighted by Gasteiger charge is -2.14. The van der Waals surface area contributed by atoms with E-state index in [2.05, 4.69) is 0 Å². The van der Waals surface area contributed by atoms with Crippen LogP contribution in [0.5, 0.6) is 0 Å². The van der Waals surface area contributed by atoms with Crippen molar-refractivity contribution in [1.82, 2.24) is 0 Å². The van der Waals surface area contributed by atoms with Crippen LogP contribution in [0.25, 0.3) is 0 Å². The van der Waals surface area contributed by atoms with E-state index in [0.717, 1.165) is 6.42 Å². The zero-order chi connectivity index (χ0) is 12.3. The molecule has 0 saturated carbocycles. The SMILES string of the molecule is O=C1CCC=CC1Cc1ccccc1[N+](=O)[O-]. The number of Topliss-reactive ketones (excluding diaryl/α,β-unsaturated/α-hetero) is 1. The summed E-state index contributed by atoms with van der Waals surface area (Å²) < 4.78 is 0. The lowest BCUT2D eigenvalue weighted by Crippen LogP contribution is -2.17. The van der Waals surface area contributed by atoms with Crippen molar-refractivity contribution in [2.75, 3.05) is 0 Å². The molecular weight excluding hydrogens is 218 g/mol. The van der Waals surface area contributed by atoms with Crippen LogP contribution >= 0.6 is 0 Å². The van der Waals surface area contributed by atoms with Crippen LogP contribution < -0.4 is 0 Å². The Bertz CT molecular complexity index is 479. The third-order valence-electron chi connectivity index (χ3n) is 2.97. The first-order valence-electron chi connectivity index (χ1n) is 5.60. The number of carbonyl (C=O) groups excluding carboxylic acids is 1. The number of ketones is 1. The van der Waals surface area contributed by atoms with E-state index in [9.17, 15) is 14.9 Å². The van der Waals surface area contributed by atoms with Crippen LogP contribution in [0.4, 0.5) is 5.69 Å². The quantitative estimate of drug-likeness (QED) is 0.456. The summed E-state index contributed by atoms with van der Waals surface area (Å²) in [6, 6.07) is 6.60. The number of para-hydroxylation sites is 1. The highest BCUT2D eigenvalue weighted by atomic mass is 16.6. The van der Waals surface area contributed by atoms with Crippen molar-refractivity contribution in [3.05, 3.63) is 52.1 Å². The first-order valence-corrected chi connectivity index (χ1v) is 5.60. The van der Waals surface area contributed by atoms with Gasteiger partial charge in [0.25, 0.3) is 5.69 Å². The summed E-state index contributed by atoms with van der Waals surface area (Å²) in [5, 5.41) is 10.8. The van der Waals surface area contributed by atoms with Gasteiger partial charge in [-0.25, -0.2) is 0 Å². The predicted octanol–water partition coefficient (Wildman–Crippen LogP) is 2.67. The molecule has 0 aliphatic heterocycles. The summed E-state index contributed by atoms with van der Waals surface area (Å²) in [5.74, 6) is -0.0319. The van der Waals surface area contributed by atoms with Crippen molar-refractivity contribution in [2.45, 2.75) is 19.3 Å². The van der Waals surface area contributed by atoms with E-state index in [1.807, 2.05) is 12.2 Å². The van der Waals surface area contributed by atoms with Crippen molar-refractivity contribution in [1.29, 1.82) is 0 Å². The molecule has 88 valence electrons. The molecule has 0 spiro atoms. The van der Waals surface area contributed by atoms with Gasteiger partial charge < -0.3 is 0 Å². The van der Waals surface area contributed by atoms with Gasteiger partial charge in [0.2, 0.25) is 0 Å². The van der Waals surface area contributed by atoms with Gasteiger partial charge in [0.1, 0.15) is 5.78 Å². The molecular formula is C13H13NO3. The van der Waals surface area contributed by atoms with Gasteiger partial charge in [-0.05, 0) is 12.8 Å². The summed E-state index contributed by atoms with van der Waals surface area (Å²) in [5.41, 5.74) is 0.724. The van der Waals surface area contributed by atoms with E-state index in [-0.39, 0.29) is 17.4 Å². The number of benzene rings is 1. The molecule has 0 bridgehead atoms. The van der Waals surface area contributed by atoms with Crippen LogP contribution in [-0.4, -0.2) is 10.7 Å². The van der Waals surface area contributed by atoms with Gasteiger partial charge in [-0.2, -0.15) is 0 Å². The van der Waals surface area contributed by atoms with Crippen LogP contribution in [0.2, 0.25) is 0 Å². The minimum absolute atomic E-state index is 0.0965. The molecule has 1 aromatic rings. The second kappa shape index (κ2) is 4.91. The molecule has 1 aliphatic rings. The number of nitro benzene ring substituents is 1. The second-order valence-electron chi connectivity index (χ2n) is 4.13. The predicted molar refractivity (Wildman–Crippen MR) is 63.7 cm³/mol. The molecule has 4 nitrogen and oxygen atoms in total. The van der Waals surface area contributed by atoms with Gasteiger partial charge in [0.15, 0.2) is 0 Å². The van der Waals surface area contributed by atoms with Crippen molar-refractivity contribution < 1.29 is 9.72 Å². The molecule has 1 atom stereocenters. The highest BCUT2D eigenvalue weighted by Crippen LogP contribution is 2.24. The topological polar surface area (TPSA) is 60.2 Å². The van der Waals surface area contributed by atoms with Crippen LogP contribution in [0, 0.1) is 16.0 Å². The van der Waals surface area contributed by atoms with Crippen LogP contribution in [0.3, 0.4) is 0 Å². The zero-order valence-electron chi connectivity index (χ0n) is 9.33. The third-order valence-corrected chi connectivity index (χ3v) is 2.97. The van der Waals surface area contributed by atoms with Gasteiger partial charge in [-0.3, -0.25) is 14.9 Å². The fraction of sp³-hybridized carbons (Fsp3) is 0.308. The van der Waals surface area contributed by atoms with E-state index in [1.165, 1.54) is 6.07 Å². The maximum Gasteiger partial charge on any atom is 0.272 e. The Hall–Kier alpha value is -1.97. The molecule has 0 radical (unpaired) electrons. The van der Waals surface area contributed by atoms with Crippen molar-refractivity contribution >= 4 is 11.5 Å². The van der Waals surface area contributed by atoms with E-state index in [4.69, 9.17) is 0 Å². The number of allylic oxidation sites excluding steroid dienone is 2. The fourth-order valence-electron chi connectivity index (χ4n) is 2.06. The number of nitro groups is 1. The molecule has 0 saturated heterocycles. The third kappa shape index (κ3) is 2.58. The van der Waals surface area contributed by atoms with Gasteiger partial charge in [0, 0.05) is 24.0 Å². The Morgan fingerprint density at radius 3 is 2.82 bits per heavy atom. The Labute approximate surface area is 99.1 Å². The number of nitrogens with zero attached hydrogens (tertiary/aromatic N) is 1. The minimum atomic E-state index is -0.396. The highest BCUT2D eigenvalue weighted by molar-refractivity contribution is 5.84. The van der Waals surface area contributed by atoms with Crippen LogP contribution in [-0.2, 0) is 11.2 Å². The van der Waals surface area contributed by atoms with E-state index in [1.54, 1.807) is 18.2 Å². The average Bonchev–Trinajstić information content (AvgIpc) is 2.32. The molecule has 2 rings (SSSR count). The maximum absolute atomic E-state index is 11.7. The molecule has 0 aromatic heterocycles. The summed E-state index contributed by atoms with van der Waals surface area (Å²) in [6.07, 6.45) is 5.59. The number of carbonyl (C=O) groups is 1. The molecule has 1 aromatic carbocycles. The standard InChI is InChI=1S/C13H13NO3/c15-13-8-4-2-6-11(13)9-10-5-1-3-7-12(10)14(16)17/h1-3,5-7,11H,4,8-9H2. The van der Waals surface area contributed by atoms with E-state index < -0.39 is 4.92 Å². The Balaban J connectivity index is 2.23. The second-order valence-corrected chi connectivity index (χ2v) is 4.13. The summed E-state index contributed by atoms with van der Waals surface area (Å²) in [4.78, 5) is 22.1. The van der Waals surface area contributed by atoms with Crippen molar-refractivity contribution in [3.63, 3.8) is 0 Å². The molecule has 0 N–H and O–H groups in total. The normalized spacial score (nSPS) is 19.3. The smallest absolute Gasteiger partial charge is 0.272 e. The molecule has 0 fully saturated rings. The lowest BCUT2D eigenvalue weighted by atomic mass is 9.88. The summed E-state index contributed by atoms with van der Waals surface area (Å²) in [7, 11) is 0. The van der Waals surface area contributed by atoms with Crippen molar-refractivity contribution in [3.8, 4) is 0 Å². The summed E-state index contributed by atoms with van der Waals surface area (Å²) >= 11 is 0. The largest absolute Gasteiger partial charge is 0.299 e. The lowest BCUT2D eigenvalue weighted by molar-refractivity contribution is -0.385. The average molecular weight is 231 g/mol. The Kier molecular flexibility index (Phi) is 3.32. The molecule has 1 unspecified atom stereocenters. The maximum atomic E-state index is 11.7. The molecule has 0 heterocycles. The first-order chi connectivity index (χ1) is 8.18. The van der Waals surface area contributed by atoms with Gasteiger partial charge >= 0.3 is 0 Å². The van der Waals surface area contributed by atoms with Gasteiger partial charge in [-0.1, -0.05) is 30.4 Å². The highest BCUT2D eigenvalue weighted by Gasteiger charge is 2.22. The first kappa shape index (κ1) is 11.5. The number of rotatable bonds is 3. The van der Waals surface area contributed by atoms with E-state index in [0.29, 0.717) is 18.4 Å². The molecule has 17 heavy (non-hydrogen) atoms. The number of hydrogen-bond donors (Lipinski definition) is 0. The fourth-order valence-corrected chi connectivity index (χ4v) is 2.06. The van der Waals surface area contributed by atoms with E-state index >= 15 is 0 Å². The minimum Gasteiger partial charge on any atom is -0.299 e. The number of hydrogen-bond acceptors (Lipinski definition) is 3. The molecule has 0 amide bonds.